The summed E-state index contributed by atoms with van der Waals surface area (Å²) in [4.78, 5) is 15.5. The first-order chi connectivity index (χ1) is 9.46. The van der Waals surface area contributed by atoms with Gasteiger partial charge < -0.3 is 10.1 Å². The molecule has 7 nitrogen and oxygen atoms in total. The van der Waals surface area contributed by atoms with E-state index in [1.807, 2.05) is 0 Å². The number of ether oxygens (including phenoxy) is 1. The SMILES string of the molecule is CNC(=O)C1COCCN1S(=O)(=O)c1ccc(Cl)nc1. The van der Waals surface area contributed by atoms with Gasteiger partial charge in [0.25, 0.3) is 0 Å². The lowest BCUT2D eigenvalue weighted by atomic mass is 10.2. The zero-order valence-corrected chi connectivity index (χ0v) is 12.3. The van der Waals surface area contributed by atoms with Crippen molar-refractivity contribution >= 4 is 27.5 Å². The number of morpholine rings is 1. The van der Waals surface area contributed by atoms with E-state index < -0.39 is 22.0 Å². The van der Waals surface area contributed by atoms with Crippen LogP contribution in [0.5, 0.6) is 0 Å². The summed E-state index contributed by atoms with van der Waals surface area (Å²) in [6, 6.07) is 1.87. The van der Waals surface area contributed by atoms with Gasteiger partial charge in [-0.15, -0.1) is 0 Å². The first-order valence-electron chi connectivity index (χ1n) is 5.89. The van der Waals surface area contributed by atoms with Gasteiger partial charge in [-0.25, -0.2) is 13.4 Å². The number of carbonyl (C=O) groups excluding carboxylic acids is 1. The van der Waals surface area contributed by atoms with E-state index >= 15 is 0 Å². The van der Waals surface area contributed by atoms with Gasteiger partial charge in [0.2, 0.25) is 15.9 Å². The molecule has 0 saturated carbocycles. The van der Waals surface area contributed by atoms with E-state index in [1.165, 1.54) is 25.4 Å². The van der Waals surface area contributed by atoms with Gasteiger partial charge in [-0.3, -0.25) is 4.79 Å². The van der Waals surface area contributed by atoms with Gasteiger partial charge >= 0.3 is 0 Å². The third kappa shape index (κ3) is 2.93. The summed E-state index contributed by atoms with van der Waals surface area (Å²) in [6.07, 6.45) is 1.17. The van der Waals surface area contributed by atoms with Crippen molar-refractivity contribution in [3.63, 3.8) is 0 Å². The van der Waals surface area contributed by atoms with E-state index in [0.29, 0.717) is 0 Å². The highest BCUT2D eigenvalue weighted by atomic mass is 35.5. The van der Waals surface area contributed by atoms with Crippen LogP contribution >= 0.6 is 11.6 Å². The third-order valence-electron chi connectivity index (χ3n) is 2.94. The normalized spacial score (nSPS) is 20.6. The lowest BCUT2D eigenvalue weighted by molar-refractivity contribution is -0.128. The first-order valence-corrected chi connectivity index (χ1v) is 7.71. The van der Waals surface area contributed by atoms with E-state index in [9.17, 15) is 13.2 Å². The Morgan fingerprint density at radius 1 is 1.55 bits per heavy atom. The summed E-state index contributed by atoms with van der Waals surface area (Å²) in [5, 5.41) is 2.64. The minimum Gasteiger partial charge on any atom is -0.378 e. The average Bonchev–Trinajstić information content (AvgIpc) is 2.47. The van der Waals surface area contributed by atoms with Crippen molar-refractivity contribution in [1.29, 1.82) is 0 Å². The number of sulfonamides is 1. The number of nitrogens with zero attached hydrogens (tertiary/aromatic N) is 2. The Balaban J connectivity index is 2.35. The highest BCUT2D eigenvalue weighted by molar-refractivity contribution is 7.89. The molecule has 0 aliphatic carbocycles. The fourth-order valence-electron chi connectivity index (χ4n) is 1.90. The second-order valence-corrected chi connectivity index (χ2v) is 6.42. The van der Waals surface area contributed by atoms with Crippen LogP contribution in [0.1, 0.15) is 0 Å². The number of amides is 1. The van der Waals surface area contributed by atoms with Crippen molar-refractivity contribution in [3.05, 3.63) is 23.5 Å². The van der Waals surface area contributed by atoms with Gasteiger partial charge in [0.05, 0.1) is 13.2 Å². The molecule has 1 unspecified atom stereocenters. The van der Waals surface area contributed by atoms with Crippen molar-refractivity contribution < 1.29 is 17.9 Å². The molecule has 2 rings (SSSR count). The quantitative estimate of drug-likeness (QED) is 0.784. The second kappa shape index (κ2) is 6.04. The summed E-state index contributed by atoms with van der Waals surface area (Å²) in [5.74, 6) is -0.407. The number of likely N-dealkylation sites (N-methyl/N-ethyl adjacent to an activating group) is 1. The monoisotopic (exact) mass is 319 g/mol. The first kappa shape index (κ1) is 15.2. The molecule has 0 spiro atoms. The van der Waals surface area contributed by atoms with Crippen LogP contribution in [-0.4, -0.2) is 56.5 Å². The van der Waals surface area contributed by atoms with Gasteiger partial charge in [0.15, 0.2) is 0 Å². The van der Waals surface area contributed by atoms with Crippen LogP contribution in [0, 0.1) is 0 Å². The topological polar surface area (TPSA) is 88.6 Å². The Kier molecular flexibility index (Phi) is 4.59. The maximum atomic E-state index is 12.5. The Hall–Kier alpha value is -1.22. The summed E-state index contributed by atoms with van der Waals surface area (Å²) in [6.45, 7) is 0.386. The van der Waals surface area contributed by atoms with Gasteiger partial charge in [-0.05, 0) is 12.1 Å². The molecule has 1 saturated heterocycles. The Morgan fingerprint density at radius 2 is 2.30 bits per heavy atom. The van der Waals surface area contributed by atoms with Crippen molar-refractivity contribution in [2.75, 3.05) is 26.8 Å². The molecule has 0 radical (unpaired) electrons. The largest absolute Gasteiger partial charge is 0.378 e. The zero-order valence-electron chi connectivity index (χ0n) is 10.7. The van der Waals surface area contributed by atoms with Crippen molar-refractivity contribution in [1.82, 2.24) is 14.6 Å². The van der Waals surface area contributed by atoms with E-state index in [2.05, 4.69) is 10.3 Å². The molecule has 1 N–H and O–H groups in total. The lowest BCUT2D eigenvalue weighted by Gasteiger charge is -2.33. The molecule has 20 heavy (non-hydrogen) atoms. The minimum absolute atomic E-state index is 0.00213. The molecule has 1 amide bonds. The molecule has 1 aromatic rings. The number of aromatic nitrogens is 1. The molecule has 110 valence electrons. The highest BCUT2D eigenvalue weighted by Crippen LogP contribution is 2.21. The molecular formula is C11H14ClN3O4S. The number of pyridine rings is 1. The van der Waals surface area contributed by atoms with Crippen molar-refractivity contribution in [2.45, 2.75) is 10.9 Å². The van der Waals surface area contributed by atoms with E-state index in [4.69, 9.17) is 16.3 Å². The third-order valence-corrected chi connectivity index (χ3v) is 5.05. The van der Waals surface area contributed by atoms with Crippen molar-refractivity contribution in [3.8, 4) is 0 Å². The summed E-state index contributed by atoms with van der Waals surface area (Å²) < 4.78 is 31.4. The maximum absolute atomic E-state index is 12.5. The number of rotatable bonds is 3. The van der Waals surface area contributed by atoms with E-state index in [0.717, 1.165) is 4.31 Å². The summed E-state index contributed by atoms with van der Waals surface area (Å²) in [7, 11) is -2.36. The lowest BCUT2D eigenvalue weighted by Crippen LogP contribution is -2.55. The number of halogens is 1. The molecule has 0 aromatic carbocycles. The molecule has 1 fully saturated rings. The molecule has 1 aliphatic heterocycles. The van der Waals surface area contributed by atoms with Gasteiger partial charge in [-0.2, -0.15) is 4.31 Å². The van der Waals surface area contributed by atoms with Crippen LogP contribution in [-0.2, 0) is 19.6 Å². The Bertz CT molecular complexity index is 590. The smallest absolute Gasteiger partial charge is 0.245 e. The van der Waals surface area contributed by atoms with Crippen molar-refractivity contribution in [2.24, 2.45) is 0 Å². The predicted molar refractivity (Wildman–Crippen MR) is 71.8 cm³/mol. The van der Waals surface area contributed by atoms with Crippen LogP contribution in [0.2, 0.25) is 5.15 Å². The zero-order chi connectivity index (χ0) is 14.8. The predicted octanol–water partition coefficient (Wildman–Crippen LogP) is -0.130. The molecule has 1 aromatic heterocycles. The average molecular weight is 320 g/mol. The summed E-state index contributed by atoms with van der Waals surface area (Å²) >= 11 is 5.65. The fraction of sp³-hybridized carbons (Fsp3) is 0.455. The van der Waals surface area contributed by atoms with E-state index in [-0.39, 0.29) is 29.8 Å². The Labute approximate surface area is 121 Å². The van der Waals surface area contributed by atoms with Gasteiger partial charge in [0.1, 0.15) is 16.1 Å². The van der Waals surface area contributed by atoms with Gasteiger partial charge in [-0.1, -0.05) is 11.6 Å². The van der Waals surface area contributed by atoms with Crippen LogP contribution in [0.25, 0.3) is 0 Å². The number of nitrogens with one attached hydrogen (secondary N) is 1. The number of hydrogen-bond acceptors (Lipinski definition) is 5. The van der Waals surface area contributed by atoms with Crippen LogP contribution in [0.4, 0.5) is 0 Å². The number of carbonyl (C=O) groups is 1. The second-order valence-electron chi connectivity index (χ2n) is 4.14. The molecule has 9 heteroatoms. The molecule has 1 atom stereocenters. The molecular weight excluding hydrogens is 306 g/mol. The van der Waals surface area contributed by atoms with Crippen LogP contribution in [0.15, 0.2) is 23.2 Å². The van der Waals surface area contributed by atoms with Crippen LogP contribution in [0.3, 0.4) is 0 Å². The molecule has 2 heterocycles. The fourth-order valence-corrected chi connectivity index (χ4v) is 3.51. The molecule has 0 bridgehead atoms. The maximum Gasteiger partial charge on any atom is 0.245 e. The van der Waals surface area contributed by atoms with Gasteiger partial charge in [0, 0.05) is 19.8 Å². The summed E-state index contributed by atoms with van der Waals surface area (Å²) in [5.41, 5.74) is 0. The minimum atomic E-state index is -3.81. The standard InChI is InChI=1S/C11H14ClN3O4S/c1-13-11(16)9-7-19-5-4-15(9)20(17,18)8-2-3-10(12)14-6-8/h2-3,6,9H,4-5,7H2,1H3,(H,13,16). The molecule has 1 aliphatic rings. The van der Waals surface area contributed by atoms with E-state index in [1.54, 1.807) is 0 Å². The number of hydrogen-bond donors (Lipinski definition) is 1. The highest BCUT2D eigenvalue weighted by Gasteiger charge is 2.38. The Morgan fingerprint density at radius 3 is 2.90 bits per heavy atom. The van der Waals surface area contributed by atoms with Crippen LogP contribution < -0.4 is 5.32 Å².